The first-order chi connectivity index (χ1) is 15.8. The molecule has 0 bridgehead atoms. The van der Waals surface area contributed by atoms with Crippen LogP contribution in [0.5, 0.6) is 5.75 Å². The van der Waals surface area contributed by atoms with Crippen molar-refractivity contribution in [2.24, 2.45) is 5.41 Å². The third-order valence-electron chi connectivity index (χ3n) is 6.12. The number of rotatable bonds is 4. The summed E-state index contributed by atoms with van der Waals surface area (Å²) in [6.45, 7) is 4.14. The van der Waals surface area contributed by atoms with Gasteiger partial charge >= 0.3 is 0 Å². The SMILES string of the molecule is CC1(C)CC(=O)C2=C(C1)Nc1nc(SCc3ccccc3)[nH]c(=O)c1[C@@H]2c1cccc(O)c1. The molecule has 5 rings (SSSR count). The molecule has 0 fully saturated rings. The van der Waals surface area contributed by atoms with Crippen molar-refractivity contribution < 1.29 is 9.90 Å². The highest BCUT2D eigenvalue weighted by Crippen LogP contribution is 2.48. The van der Waals surface area contributed by atoms with E-state index in [1.54, 1.807) is 18.2 Å². The highest BCUT2D eigenvalue weighted by atomic mass is 32.2. The number of H-pyrrole nitrogens is 1. The number of nitrogens with one attached hydrogen (secondary N) is 2. The standard InChI is InChI=1S/C26H25N3O3S/c1-26(2)12-18-21(19(31)13-26)20(16-9-6-10-17(30)11-16)22-23(27-18)28-25(29-24(22)32)33-14-15-7-4-3-5-8-15/h3-11,20,30H,12-14H2,1-2H3,(H2,27,28,29,32)/t20-/m1/s1. The van der Waals surface area contributed by atoms with Gasteiger partial charge in [0.05, 0.1) is 5.56 Å². The molecule has 0 spiro atoms. The van der Waals surface area contributed by atoms with Crippen molar-refractivity contribution >= 4 is 23.4 Å². The van der Waals surface area contributed by atoms with Crippen LogP contribution in [0.3, 0.4) is 0 Å². The average molecular weight is 460 g/mol. The molecule has 2 heterocycles. The fourth-order valence-corrected chi connectivity index (χ4v) is 5.54. The maximum atomic E-state index is 13.3. The van der Waals surface area contributed by atoms with E-state index in [9.17, 15) is 14.7 Å². The molecule has 3 N–H and O–H groups in total. The van der Waals surface area contributed by atoms with Crippen molar-refractivity contribution in [3.63, 3.8) is 0 Å². The van der Waals surface area contributed by atoms with Crippen LogP contribution in [0.1, 0.15) is 49.3 Å². The molecule has 168 valence electrons. The zero-order valence-corrected chi connectivity index (χ0v) is 19.3. The number of aromatic nitrogens is 2. The van der Waals surface area contributed by atoms with Gasteiger partial charge in [-0.05, 0) is 35.1 Å². The number of carbonyl (C=O) groups is 1. The molecular weight excluding hydrogens is 434 g/mol. The number of aromatic hydroxyl groups is 1. The number of hydrogen-bond donors (Lipinski definition) is 3. The number of nitrogens with zero attached hydrogens (tertiary/aromatic N) is 1. The van der Waals surface area contributed by atoms with Crippen LogP contribution in [0.2, 0.25) is 0 Å². The van der Waals surface area contributed by atoms with Gasteiger partial charge in [-0.3, -0.25) is 9.59 Å². The summed E-state index contributed by atoms with van der Waals surface area (Å²) in [5.41, 5.74) is 3.21. The van der Waals surface area contributed by atoms with Gasteiger partial charge in [0.2, 0.25) is 0 Å². The smallest absolute Gasteiger partial charge is 0.257 e. The Morgan fingerprint density at radius 2 is 1.88 bits per heavy atom. The number of fused-ring (bicyclic) bond motifs is 1. The van der Waals surface area contributed by atoms with E-state index in [2.05, 4.69) is 24.1 Å². The fraction of sp³-hybridized carbons (Fsp3) is 0.269. The van der Waals surface area contributed by atoms with Gasteiger partial charge in [0.15, 0.2) is 10.9 Å². The summed E-state index contributed by atoms with van der Waals surface area (Å²) in [5, 5.41) is 14.0. The van der Waals surface area contributed by atoms with Crippen molar-refractivity contribution in [2.45, 2.75) is 43.5 Å². The molecule has 1 aromatic heterocycles. The number of ketones is 1. The van der Waals surface area contributed by atoms with Gasteiger partial charge in [0.25, 0.3) is 5.56 Å². The second kappa shape index (κ2) is 8.23. The zero-order chi connectivity index (χ0) is 23.2. The minimum atomic E-state index is -0.573. The number of phenolic OH excluding ortho intramolecular Hbond substituents is 1. The highest BCUT2D eigenvalue weighted by Gasteiger charge is 2.42. The summed E-state index contributed by atoms with van der Waals surface area (Å²) in [5.74, 6) is 0.702. The number of allylic oxidation sites excluding steroid dienone is 2. The molecule has 1 aliphatic carbocycles. The lowest BCUT2D eigenvalue weighted by Crippen LogP contribution is -2.37. The van der Waals surface area contributed by atoms with Crippen molar-refractivity contribution in [3.8, 4) is 5.75 Å². The number of carbonyl (C=O) groups excluding carboxylic acids is 1. The predicted molar refractivity (Wildman–Crippen MR) is 129 cm³/mol. The quantitative estimate of drug-likeness (QED) is 0.377. The molecule has 6 nitrogen and oxygen atoms in total. The largest absolute Gasteiger partial charge is 0.508 e. The molecule has 1 atom stereocenters. The van der Waals surface area contributed by atoms with Crippen molar-refractivity contribution in [1.82, 2.24) is 9.97 Å². The molecule has 0 radical (unpaired) electrons. The number of hydrogen-bond acceptors (Lipinski definition) is 6. The van der Waals surface area contributed by atoms with Crippen LogP contribution in [0.4, 0.5) is 5.82 Å². The average Bonchev–Trinajstić information content (AvgIpc) is 2.76. The molecule has 1 aliphatic heterocycles. The number of Topliss-reactive ketones (excluding diaryl/α,β-unsaturated/α-hetero) is 1. The zero-order valence-electron chi connectivity index (χ0n) is 18.5. The molecular formula is C26H25N3O3S. The Morgan fingerprint density at radius 1 is 1.09 bits per heavy atom. The second-order valence-electron chi connectivity index (χ2n) is 9.39. The van der Waals surface area contributed by atoms with Gasteiger partial charge in [-0.25, -0.2) is 4.98 Å². The summed E-state index contributed by atoms with van der Waals surface area (Å²) >= 11 is 1.46. The lowest BCUT2D eigenvalue weighted by atomic mass is 9.69. The fourth-order valence-electron chi connectivity index (χ4n) is 4.73. The second-order valence-corrected chi connectivity index (χ2v) is 10.4. The molecule has 7 heteroatoms. The third kappa shape index (κ3) is 4.20. The van der Waals surface area contributed by atoms with Crippen molar-refractivity contribution in [1.29, 1.82) is 0 Å². The van der Waals surface area contributed by atoms with Gasteiger partial charge < -0.3 is 15.4 Å². The molecule has 2 aliphatic rings. The molecule has 33 heavy (non-hydrogen) atoms. The first-order valence-electron chi connectivity index (χ1n) is 10.9. The minimum absolute atomic E-state index is 0.0228. The van der Waals surface area contributed by atoms with Crippen LogP contribution in [0.15, 0.2) is 75.8 Å². The topological polar surface area (TPSA) is 95.1 Å². The predicted octanol–water partition coefficient (Wildman–Crippen LogP) is 4.97. The molecule has 0 saturated heterocycles. The van der Waals surface area contributed by atoms with Crippen LogP contribution < -0.4 is 10.9 Å². The number of aromatic amines is 1. The summed E-state index contributed by atoms with van der Waals surface area (Å²) < 4.78 is 0. The van der Waals surface area contributed by atoms with E-state index in [-0.39, 0.29) is 22.5 Å². The molecule has 0 saturated carbocycles. The van der Waals surface area contributed by atoms with Crippen LogP contribution in [0, 0.1) is 5.41 Å². The maximum absolute atomic E-state index is 13.3. The summed E-state index contributed by atoms with van der Waals surface area (Å²) in [6, 6.07) is 16.8. The van der Waals surface area contributed by atoms with E-state index in [4.69, 9.17) is 4.98 Å². The Morgan fingerprint density at radius 3 is 2.64 bits per heavy atom. The van der Waals surface area contributed by atoms with Gasteiger partial charge in [0.1, 0.15) is 11.6 Å². The van der Waals surface area contributed by atoms with E-state index in [0.717, 1.165) is 11.3 Å². The Hall–Kier alpha value is -3.32. The van der Waals surface area contributed by atoms with Gasteiger partial charge in [-0.15, -0.1) is 0 Å². The normalized spacial score (nSPS) is 19.0. The van der Waals surface area contributed by atoms with Crippen LogP contribution in [-0.4, -0.2) is 20.9 Å². The highest BCUT2D eigenvalue weighted by molar-refractivity contribution is 7.98. The lowest BCUT2D eigenvalue weighted by molar-refractivity contribution is -0.118. The summed E-state index contributed by atoms with van der Waals surface area (Å²) in [4.78, 5) is 34.2. The van der Waals surface area contributed by atoms with Crippen molar-refractivity contribution in [2.75, 3.05) is 5.32 Å². The maximum Gasteiger partial charge on any atom is 0.257 e. The van der Waals surface area contributed by atoms with Gasteiger partial charge in [-0.1, -0.05) is 68.1 Å². The van der Waals surface area contributed by atoms with Gasteiger partial charge in [-0.2, -0.15) is 0 Å². The Kier molecular flexibility index (Phi) is 5.37. The van der Waals surface area contributed by atoms with E-state index in [1.807, 2.05) is 36.4 Å². The lowest BCUT2D eigenvalue weighted by Gasteiger charge is -2.38. The summed E-state index contributed by atoms with van der Waals surface area (Å²) in [6.07, 6.45) is 1.10. The van der Waals surface area contributed by atoms with E-state index in [0.29, 0.717) is 46.3 Å². The van der Waals surface area contributed by atoms with Crippen LogP contribution in [0.25, 0.3) is 0 Å². The molecule has 0 amide bonds. The minimum Gasteiger partial charge on any atom is -0.508 e. The van der Waals surface area contributed by atoms with Crippen molar-refractivity contribution in [3.05, 3.63) is 92.9 Å². The number of anilines is 1. The number of phenols is 1. The Labute approximate surface area is 196 Å². The monoisotopic (exact) mass is 459 g/mol. The van der Waals surface area contributed by atoms with E-state index in [1.165, 1.54) is 11.8 Å². The summed E-state index contributed by atoms with van der Waals surface area (Å²) in [7, 11) is 0. The molecule has 3 aromatic rings. The Bertz CT molecular complexity index is 1330. The van der Waals surface area contributed by atoms with E-state index < -0.39 is 5.92 Å². The number of benzene rings is 2. The first kappa shape index (κ1) is 21.5. The van der Waals surface area contributed by atoms with E-state index >= 15 is 0 Å². The van der Waals surface area contributed by atoms with Crippen LogP contribution >= 0.6 is 11.8 Å². The molecule has 2 aromatic carbocycles. The molecule has 0 unspecified atom stereocenters. The Balaban J connectivity index is 1.60. The third-order valence-corrected chi connectivity index (χ3v) is 7.07. The van der Waals surface area contributed by atoms with Crippen LogP contribution in [-0.2, 0) is 10.5 Å². The number of thioether (sulfide) groups is 1. The first-order valence-corrected chi connectivity index (χ1v) is 11.9. The van der Waals surface area contributed by atoms with Gasteiger partial charge in [0, 0.05) is 29.4 Å².